The van der Waals surface area contributed by atoms with E-state index in [1.807, 2.05) is 44.3 Å². The number of hydrogen-bond donors (Lipinski definition) is 2. The van der Waals surface area contributed by atoms with Crippen LogP contribution in [-0.2, 0) is 4.79 Å². The van der Waals surface area contributed by atoms with E-state index in [2.05, 4.69) is 32.0 Å². The first kappa shape index (κ1) is 28.4. The molecule has 1 fully saturated rings. The third-order valence-electron chi connectivity index (χ3n) is 7.26. The van der Waals surface area contributed by atoms with E-state index in [-0.39, 0.29) is 22.5 Å². The van der Waals surface area contributed by atoms with E-state index in [0.717, 1.165) is 11.3 Å². The third kappa shape index (κ3) is 5.57. The lowest BCUT2D eigenvalue weighted by Gasteiger charge is -2.31. The number of amides is 1. The summed E-state index contributed by atoms with van der Waals surface area (Å²) in [5.74, 6) is -0.474. The molecule has 1 aliphatic rings. The molecule has 12 heteroatoms. The Morgan fingerprint density at radius 1 is 1.12 bits per heavy atom. The number of aromatic nitrogens is 4. The average Bonchev–Trinajstić information content (AvgIpc) is 3.48. The third-order valence-corrected chi connectivity index (χ3v) is 7.77. The lowest BCUT2D eigenvalue weighted by molar-refractivity contribution is -0.122. The molecule has 0 aliphatic carbocycles. The first-order valence-electron chi connectivity index (χ1n) is 13.5. The van der Waals surface area contributed by atoms with Crippen molar-refractivity contribution in [3.8, 4) is 6.07 Å². The standard InChI is InChI=1S/C31H25Cl2FN8O/c1-17(2)42-16-27(39-40-42)30(18-4-3-5-22(10-18)41-9-8-28(41)43)38-26-12-20(32)11-23-29(19(14-35)15-36-31(23)26)37-21-6-7-25(34)24(33)13-21/h3-7,10-13,15-17,30,38H,8-9H2,1-2H3,(H,36,37)/t30-/m0/s1. The Balaban J connectivity index is 1.47. The van der Waals surface area contributed by atoms with Crippen molar-refractivity contribution in [1.29, 1.82) is 5.26 Å². The Hall–Kier alpha value is -4.72. The lowest BCUT2D eigenvalue weighted by atomic mass is 10.0. The van der Waals surface area contributed by atoms with Gasteiger partial charge >= 0.3 is 0 Å². The molecule has 3 heterocycles. The Labute approximate surface area is 256 Å². The largest absolute Gasteiger partial charge is 0.371 e. The van der Waals surface area contributed by atoms with Gasteiger partial charge in [0.15, 0.2) is 0 Å². The second kappa shape index (κ2) is 11.5. The number of carbonyl (C=O) groups is 1. The fraction of sp³-hybridized carbons (Fsp3) is 0.194. The molecular formula is C31H25Cl2FN8O. The molecule has 43 heavy (non-hydrogen) atoms. The number of pyridine rings is 1. The smallest absolute Gasteiger partial charge is 0.228 e. The van der Waals surface area contributed by atoms with Gasteiger partial charge in [0, 0.05) is 47.0 Å². The summed E-state index contributed by atoms with van der Waals surface area (Å²) in [5.41, 5.74) is 4.64. The number of hydrogen-bond acceptors (Lipinski definition) is 7. The molecule has 3 aromatic carbocycles. The van der Waals surface area contributed by atoms with Crippen LogP contribution in [0.4, 0.5) is 27.1 Å². The minimum Gasteiger partial charge on any atom is -0.371 e. The van der Waals surface area contributed by atoms with Crippen molar-refractivity contribution >= 4 is 62.8 Å². The van der Waals surface area contributed by atoms with E-state index >= 15 is 0 Å². The fourth-order valence-corrected chi connectivity index (χ4v) is 5.33. The zero-order valence-corrected chi connectivity index (χ0v) is 24.7. The molecule has 0 bridgehead atoms. The summed E-state index contributed by atoms with van der Waals surface area (Å²) in [6, 6.07) is 17.2. The van der Waals surface area contributed by atoms with Gasteiger partial charge in [0.2, 0.25) is 5.91 Å². The number of nitriles is 1. The Bertz CT molecular complexity index is 1920. The number of nitrogens with one attached hydrogen (secondary N) is 2. The Morgan fingerprint density at radius 3 is 2.63 bits per heavy atom. The van der Waals surface area contributed by atoms with Gasteiger partial charge in [-0.05, 0) is 61.9 Å². The van der Waals surface area contributed by atoms with Gasteiger partial charge in [0.1, 0.15) is 17.6 Å². The van der Waals surface area contributed by atoms with Crippen molar-refractivity contribution in [1.82, 2.24) is 20.0 Å². The molecule has 1 aliphatic heterocycles. The minimum atomic E-state index is -0.551. The van der Waals surface area contributed by atoms with Crippen LogP contribution in [0.2, 0.25) is 10.0 Å². The first-order chi connectivity index (χ1) is 20.7. The number of anilines is 4. The van der Waals surface area contributed by atoms with E-state index < -0.39 is 11.9 Å². The molecule has 5 aromatic rings. The Kier molecular flexibility index (Phi) is 7.61. The highest BCUT2D eigenvalue weighted by Gasteiger charge is 2.27. The van der Waals surface area contributed by atoms with Crippen molar-refractivity contribution in [2.24, 2.45) is 0 Å². The van der Waals surface area contributed by atoms with Gasteiger partial charge in [-0.3, -0.25) is 9.78 Å². The van der Waals surface area contributed by atoms with Gasteiger partial charge in [0.05, 0.1) is 39.7 Å². The maximum Gasteiger partial charge on any atom is 0.228 e. The van der Waals surface area contributed by atoms with Gasteiger partial charge in [-0.25, -0.2) is 9.07 Å². The van der Waals surface area contributed by atoms with Crippen molar-refractivity contribution in [2.75, 3.05) is 22.1 Å². The molecule has 9 nitrogen and oxygen atoms in total. The van der Waals surface area contributed by atoms with Crippen LogP contribution in [0, 0.1) is 17.1 Å². The summed E-state index contributed by atoms with van der Waals surface area (Å²) < 4.78 is 15.6. The van der Waals surface area contributed by atoms with Crippen molar-refractivity contribution in [3.63, 3.8) is 0 Å². The molecule has 2 N–H and O–H groups in total. The molecule has 2 aromatic heterocycles. The van der Waals surface area contributed by atoms with Gasteiger partial charge in [0.25, 0.3) is 0 Å². The molecule has 1 saturated heterocycles. The topological polar surface area (TPSA) is 112 Å². The van der Waals surface area contributed by atoms with Crippen LogP contribution in [0.3, 0.4) is 0 Å². The van der Waals surface area contributed by atoms with E-state index in [4.69, 9.17) is 23.2 Å². The summed E-state index contributed by atoms with van der Waals surface area (Å²) in [4.78, 5) is 18.5. The summed E-state index contributed by atoms with van der Waals surface area (Å²) in [5, 5.41) is 26.3. The van der Waals surface area contributed by atoms with Crippen LogP contribution in [0.5, 0.6) is 0 Å². The van der Waals surface area contributed by atoms with Crippen LogP contribution >= 0.6 is 23.2 Å². The number of halogens is 3. The average molecular weight is 616 g/mol. The number of benzene rings is 3. The first-order valence-corrected chi connectivity index (χ1v) is 14.3. The predicted octanol–water partition coefficient (Wildman–Crippen LogP) is 7.41. The number of β-lactam (4-membered cyclic amide) rings is 1. The molecular weight excluding hydrogens is 590 g/mol. The van der Waals surface area contributed by atoms with Crippen LogP contribution in [-0.4, -0.2) is 32.4 Å². The van der Waals surface area contributed by atoms with Gasteiger partial charge < -0.3 is 15.5 Å². The molecule has 216 valence electrons. The second-order valence-corrected chi connectivity index (χ2v) is 11.3. The summed E-state index contributed by atoms with van der Waals surface area (Å²) in [7, 11) is 0. The monoisotopic (exact) mass is 614 g/mol. The second-order valence-electron chi connectivity index (χ2n) is 10.4. The minimum absolute atomic E-state index is 0.0540. The molecule has 1 atom stereocenters. The van der Waals surface area contributed by atoms with Gasteiger partial charge in [-0.1, -0.05) is 40.5 Å². The zero-order chi connectivity index (χ0) is 30.2. The summed E-state index contributed by atoms with van der Waals surface area (Å²) >= 11 is 12.7. The fourth-order valence-electron chi connectivity index (χ4n) is 4.93. The molecule has 0 radical (unpaired) electrons. The number of nitrogens with zero attached hydrogens (tertiary/aromatic N) is 6. The molecule has 0 spiro atoms. The maximum absolute atomic E-state index is 13.8. The summed E-state index contributed by atoms with van der Waals surface area (Å²) in [6.07, 6.45) is 3.87. The lowest BCUT2D eigenvalue weighted by Crippen LogP contribution is -2.43. The zero-order valence-electron chi connectivity index (χ0n) is 23.1. The molecule has 1 amide bonds. The normalized spacial score (nSPS) is 13.6. The van der Waals surface area contributed by atoms with Gasteiger partial charge in [-0.2, -0.15) is 5.26 Å². The number of carbonyl (C=O) groups excluding carboxylic acids is 1. The highest BCUT2D eigenvalue weighted by atomic mass is 35.5. The predicted molar refractivity (Wildman–Crippen MR) is 165 cm³/mol. The van der Waals surface area contributed by atoms with E-state index in [9.17, 15) is 14.4 Å². The molecule has 0 saturated carbocycles. The highest BCUT2D eigenvalue weighted by molar-refractivity contribution is 6.32. The van der Waals surface area contributed by atoms with E-state index in [1.165, 1.54) is 24.4 Å². The molecule has 6 rings (SSSR count). The summed E-state index contributed by atoms with van der Waals surface area (Å²) in [6.45, 7) is 4.70. The van der Waals surface area contributed by atoms with Crippen molar-refractivity contribution in [3.05, 3.63) is 99.7 Å². The van der Waals surface area contributed by atoms with Crippen LogP contribution in [0.15, 0.2) is 67.0 Å². The van der Waals surface area contributed by atoms with Crippen molar-refractivity contribution < 1.29 is 9.18 Å². The number of rotatable bonds is 8. The SMILES string of the molecule is CC(C)n1cc([C@@H](Nc2cc(Cl)cc3c(Nc4ccc(F)c(Cl)c4)c(C#N)cnc23)c2cccc(N3CCC3=O)c2)nn1. The van der Waals surface area contributed by atoms with Crippen LogP contribution in [0.25, 0.3) is 10.9 Å². The van der Waals surface area contributed by atoms with Gasteiger partial charge in [-0.15, -0.1) is 5.10 Å². The van der Waals surface area contributed by atoms with E-state index in [1.54, 1.807) is 21.7 Å². The Morgan fingerprint density at radius 2 is 1.95 bits per heavy atom. The highest BCUT2D eigenvalue weighted by Crippen LogP contribution is 2.38. The molecule has 0 unspecified atom stereocenters. The van der Waals surface area contributed by atoms with Crippen molar-refractivity contribution in [2.45, 2.75) is 32.4 Å². The van der Waals surface area contributed by atoms with E-state index in [0.29, 0.717) is 51.6 Å². The quantitative estimate of drug-likeness (QED) is 0.175. The van der Waals surface area contributed by atoms with Crippen LogP contribution < -0.4 is 15.5 Å². The number of fused-ring (bicyclic) bond motifs is 1. The maximum atomic E-state index is 13.8. The van der Waals surface area contributed by atoms with Crippen LogP contribution in [0.1, 0.15) is 49.2 Å².